The molecule has 0 saturated carbocycles. The van der Waals surface area contributed by atoms with E-state index in [0.29, 0.717) is 31.8 Å². The Hall–Kier alpha value is -1.91. The van der Waals surface area contributed by atoms with Gasteiger partial charge in [-0.15, -0.1) is 0 Å². The van der Waals surface area contributed by atoms with Crippen molar-refractivity contribution in [2.45, 2.75) is 39.3 Å². The Balaban J connectivity index is 2.11. The van der Waals surface area contributed by atoms with E-state index in [1.807, 2.05) is 12.1 Å². The summed E-state index contributed by atoms with van der Waals surface area (Å²) in [6.07, 6.45) is 4.50. The standard InChI is InChI=1S/C15H21N3O2/c1-11(2)8-13-15(20)18(7-5-14(19)17-13)10-12-4-3-6-16-9-12/h3-4,6,9,11,13H,5,7-8,10H2,1-2H3,(H,17,19). The minimum absolute atomic E-state index is 0.00778. The lowest BCUT2D eigenvalue weighted by Gasteiger charge is -2.24. The van der Waals surface area contributed by atoms with Crippen LogP contribution in [0.3, 0.4) is 0 Å². The van der Waals surface area contributed by atoms with Gasteiger partial charge in [0.1, 0.15) is 6.04 Å². The fourth-order valence-electron chi connectivity index (χ4n) is 2.40. The zero-order chi connectivity index (χ0) is 14.5. The maximum Gasteiger partial charge on any atom is 0.245 e. The normalized spacial score (nSPS) is 19.9. The zero-order valence-electron chi connectivity index (χ0n) is 12.0. The van der Waals surface area contributed by atoms with Gasteiger partial charge in [0.2, 0.25) is 11.8 Å². The summed E-state index contributed by atoms with van der Waals surface area (Å²) in [4.78, 5) is 30.1. The fraction of sp³-hybridized carbons (Fsp3) is 0.533. The lowest BCUT2D eigenvalue weighted by atomic mass is 10.0. The topological polar surface area (TPSA) is 62.3 Å². The molecule has 5 heteroatoms. The van der Waals surface area contributed by atoms with E-state index >= 15 is 0 Å². The highest BCUT2D eigenvalue weighted by Gasteiger charge is 2.30. The molecule has 0 spiro atoms. The first-order valence-corrected chi connectivity index (χ1v) is 7.03. The van der Waals surface area contributed by atoms with Crippen molar-refractivity contribution < 1.29 is 9.59 Å². The van der Waals surface area contributed by atoms with Crippen LogP contribution in [-0.2, 0) is 16.1 Å². The number of aromatic nitrogens is 1. The van der Waals surface area contributed by atoms with Gasteiger partial charge in [-0.1, -0.05) is 19.9 Å². The molecule has 1 fully saturated rings. The number of carbonyl (C=O) groups excluding carboxylic acids is 2. The molecule has 1 aliphatic rings. The third kappa shape index (κ3) is 3.79. The summed E-state index contributed by atoms with van der Waals surface area (Å²) in [5.74, 6) is 0.327. The molecule has 1 atom stereocenters. The highest BCUT2D eigenvalue weighted by atomic mass is 16.2. The molecule has 108 valence electrons. The van der Waals surface area contributed by atoms with Crippen LogP contribution in [0.25, 0.3) is 0 Å². The lowest BCUT2D eigenvalue weighted by molar-refractivity contribution is -0.134. The van der Waals surface area contributed by atoms with Crippen LogP contribution in [0.4, 0.5) is 0 Å². The summed E-state index contributed by atoms with van der Waals surface area (Å²) in [7, 11) is 0. The minimum Gasteiger partial charge on any atom is -0.344 e. The van der Waals surface area contributed by atoms with E-state index in [-0.39, 0.29) is 11.8 Å². The molecule has 1 saturated heterocycles. The number of hydrogen-bond acceptors (Lipinski definition) is 3. The SMILES string of the molecule is CC(C)CC1NC(=O)CCN(Cc2cccnc2)C1=O. The highest BCUT2D eigenvalue weighted by Crippen LogP contribution is 2.14. The Bertz CT molecular complexity index is 473. The summed E-state index contributed by atoms with van der Waals surface area (Å²) in [5.41, 5.74) is 0.985. The molecular formula is C15H21N3O2. The first kappa shape index (κ1) is 14.5. The van der Waals surface area contributed by atoms with Gasteiger partial charge in [-0.05, 0) is 24.0 Å². The molecular weight excluding hydrogens is 254 g/mol. The molecule has 1 aromatic rings. The van der Waals surface area contributed by atoms with Crippen molar-refractivity contribution in [2.24, 2.45) is 5.92 Å². The van der Waals surface area contributed by atoms with Crippen LogP contribution in [0.15, 0.2) is 24.5 Å². The Morgan fingerprint density at radius 2 is 2.25 bits per heavy atom. The second-order valence-corrected chi connectivity index (χ2v) is 5.62. The second-order valence-electron chi connectivity index (χ2n) is 5.62. The first-order chi connectivity index (χ1) is 9.56. The van der Waals surface area contributed by atoms with Crippen LogP contribution in [-0.4, -0.2) is 34.3 Å². The number of nitrogens with zero attached hydrogens (tertiary/aromatic N) is 2. The Morgan fingerprint density at radius 1 is 1.45 bits per heavy atom. The van der Waals surface area contributed by atoms with Crippen molar-refractivity contribution in [2.75, 3.05) is 6.54 Å². The van der Waals surface area contributed by atoms with E-state index in [2.05, 4.69) is 24.1 Å². The van der Waals surface area contributed by atoms with Crippen LogP contribution < -0.4 is 5.32 Å². The summed E-state index contributed by atoms with van der Waals surface area (Å²) < 4.78 is 0. The van der Waals surface area contributed by atoms with E-state index in [0.717, 1.165) is 5.56 Å². The number of carbonyl (C=O) groups is 2. The average Bonchev–Trinajstić information content (AvgIpc) is 2.53. The van der Waals surface area contributed by atoms with Crippen molar-refractivity contribution >= 4 is 11.8 Å². The number of rotatable bonds is 4. The Kier molecular flexibility index (Phi) is 4.71. The maximum atomic E-state index is 12.5. The van der Waals surface area contributed by atoms with Crippen molar-refractivity contribution in [3.05, 3.63) is 30.1 Å². The Labute approximate surface area is 119 Å². The van der Waals surface area contributed by atoms with Gasteiger partial charge >= 0.3 is 0 Å². The van der Waals surface area contributed by atoms with E-state index < -0.39 is 6.04 Å². The van der Waals surface area contributed by atoms with Gasteiger partial charge in [0.05, 0.1) is 0 Å². The van der Waals surface area contributed by atoms with Crippen molar-refractivity contribution in [1.29, 1.82) is 0 Å². The third-order valence-electron chi connectivity index (χ3n) is 3.36. The van der Waals surface area contributed by atoms with Crippen LogP contribution in [0.5, 0.6) is 0 Å². The summed E-state index contributed by atoms with van der Waals surface area (Å²) in [5, 5.41) is 2.83. The smallest absolute Gasteiger partial charge is 0.245 e. The van der Waals surface area contributed by atoms with Crippen LogP contribution in [0.2, 0.25) is 0 Å². The molecule has 1 unspecified atom stereocenters. The van der Waals surface area contributed by atoms with Gasteiger partial charge in [0.15, 0.2) is 0 Å². The average molecular weight is 275 g/mol. The van der Waals surface area contributed by atoms with Gasteiger partial charge in [0.25, 0.3) is 0 Å². The fourth-order valence-corrected chi connectivity index (χ4v) is 2.40. The predicted octanol–water partition coefficient (Wildman–Crippen LogP) is 1.34. The zero-order valence-corrected chi connectivity index (χ0v) is 12.0. The molecule has 20 heavy (non-hydrogen) atoms. The molecule has 2 amide bonds. The van der Waals surface area contributed by atoms with E-state index in [1.165, 1.54) is 0 Å². The van der Waals surface area contributed by atoms with Crippen LogP contribution >= 0.6 is 0 Å². The molecule has 1 aromatic heterocycles. The van der Waals surface area contributed by atoms with E-state index in [1.54, 1.807) is 17.3 Å². The van der Waals surface area contributed by atoms with Gasteiger partial charge < -0.3 is 10.2 Å². The first-order valence-electron chi connectivity index (χ1n) is 7.03. The van der Waals surface area contributed by atoms with Gasteiger partial charge in [-0.2, -0.15) is 0 Å². The highest BCUT2D eigenvalue weighted by molar-refractivity contribution is 5.89. The van der Waals surface area contributed by atoms with Gasteiger partial charge in [0, 0.05) is 31.9 Å². The molecule has 1 aliphatic heterocycles. The Morgan fingerprint density at radius 3 is 2.90 bits per heavy atom. The predicted molar refractivity (Wildman–Crippen MR) is 75.7 cm³/mol. The number of amides is 2. The lowest BCUT2D eigenvalue weighted by Crippen LogP contribution is -2.45. The molecule has 0 aliphatic carbocycles. The molecule has 0 aromatic carbocycles. The molecule has 2 heterocycles. The van der Waals surface area contributed by atoms with Crippen molar-refractivity contribution in [3.63, 3.8) is 0 Å². The number of hydrogen-bond donors (Lipinski definition) is 1. The second kappa shape index (κ2) is 6.50. The molecule has 0 bridgehead atoms. The summed E-state index contributed by atoms with van der Waals surface area (Å²) in [6.45, 7) is 5.08. The maximum absolute atomic E-state index is 12.5. The van der Waals surface area contributed by atoms with E-state index in [9.17, 15) is 9.59 Å². The quantitative estimate of drug-likeness (QED) is 0.902. The third-order valence-corrected chi connectivity index (χ3v) is 3.36. The van der Waals surface area contributed by atoms with Crippen molar-refractivity contribution in [3.8, 4) is 0 Å². The summed E-state index contributed by atoms with van der Waals surface area (Å²) >= 11 is 0. The molecule has 2 rings (SSSR count). The largest absolute Gasteiger partial charge is 0.344 e. The van der Waals surface area contributed by atoms with Crippen molar-refractivity contribution in [1.82, 2.24) is 15.2 Å². The molecule has 1 N–H and O–H groups in total. The van der Waals surface area contributed by atoms with Gasteiger partial charge in [-0.3, -0.25) is 14.6 Å². The summed E-state index contributed by atoms with van der Waals surface area (Å²) in [6, 6.07) is 3.39. The van der Waals surface area contributed by atoms with Gasteiger partial charge in [-0.25, -0.2) is 0 Å². The van der Waals surface area contributed by atoms with E-state index in [4.69, 9.17) is 0 Å². The van der Waals surface area contributed by atoms with Crippen LogP contribution in [0.1, 0.15) is 32.3 Å². The van der Waals surface area contributed by atoms with Crippen LogP contribution in [0, 0.1) is 5.92 Å². The molecule has 0 radical (unpaired) electrons. The number of pyridine rings is 1. The molecule has 5 nitrogen and oxygen atoms in total. The number of nitrogens with one attached hydrogen (secondary N) is 1. The monoisotopic (exact) mass is 275 g/mol. The minimum atomic E-state index is -0.401.